The van der Waals surface area contributed by atoms with Crippen LogP contribution >= 0.6 is 0 Å². The van der Waals surface area contributed by atoms with E-state index in [1.165, 1.54) is 13.2 Å². The molecule has 33 heavy (non-hydrogen) atoms. The molecule has 8 nitrogen and oxygen atoms in total. The number of methoxy groups -OCH3 is 3. The second-order valence-electron chi connectivity index (χ2n) is 7.91. The zero-order chi connectivity index (χ0) is 23.5. The quantitative estimate of drug-likeness (QED) is 0.508. The van der Waals surface area contributed by atoms with Crippen molar-refractivity contribution in [3.8, 4) is 17.2 Å². The number of hydrogen-bond acceptors (Lipinski definition) is 7. The number of ether oxygens (including phenoxy) is 4. The van der Waals surface area contributed by atoms with Gasteiger partial charge in [0.15, 0.2) is 11.5 Å². The summed E-state index contributed by atoms with van der Waals surface area (Å²) in [5.41, 5.74) is 2.90. The minimum atomic E-state index is -0.407. The van der Waals surface area contributed by atoms with Gasteiger partial charge in [-0.15, -0.1) is 0 Å². The number of carbonyl (C=O) groups is 1. The fraction of sp³-hybridized carbons (Fsp3) is 0.360. The van der Waals surface area contributed by atoms with E-state index in [0.29, 0.717) is 35.8 Å². The van der Waals surface area contributed by atoms with Crippen LogP contribution in [0.3, 0.4) is 0 Å². The SMILES string of the molecule is COCC(=O)N1CCc2cc(OC)c(OC)cc2[C@H]1COc1ccc2c(C)cc(=O)oc2c1. The minimum absolute atomic E-state index is 0.0144. The van der Waals surface area contributed by atoms with Gasteiger partial charge in [-0.25, -0.2) is 4.79 Å². The van der Waals surface area contributed by atoms with Crippen molar-refractivity contribution in [3.05, 3.63) is 63.5 Å². The normalized spacial score (nSPS) is 15.3. The van der Waals surface area contributed by atoms with Crippen LogP contribution in [0.15, 0.2) is 45.6 Å². The Morgan fingerprint density at radius 2 is 1.85 bits per heavy atom. The molecule has 0 radical (unpaired) electrons. The average molecular weight is 453 g/mol. The van der Waals surface area contributed by atoms with Crippen LogP contribution in [0.2, 0.25) is 0 Å². The molecule has 1 aromatic heterocycles. The van der Waals surface area contributed by atoms with Gasteiger partial charge in [0.1, 0.15) is 24.5 Å². The largest absolute Gasteiger partial charge is 0.493 e. The van der Waals surface area contributed by atoms with Crippen molar-refractivity contribution >= 4 is 16.9 Å². The van der Waals surface area contributed by atoms with Crippen molar-refractivity contribution in [1.29, 1.82) is 0 Å². The Hall–Kier alpha value is -3.52. The molecular weight excluding hydrogens is 426 g/mol. The zero-order valence-electron chi connectivity index (χ0n) is 19.2. The molecular formula is C25H27NO7. The summed E-state index contributed by atoms with van der Waals surface area (Å²) in [5, 5.41) is 0.846. The lowest BCUT2D eigenvalue weighted by Gasteiger charge is -2.37. The Morgan fingerprint density at radius 1 is 1.09 bits per heavy atom. The molecule has 0 aliphatic carbocycles. The first-order valence-corrected chi connectivity index (χ1v) is 10.7. The molecule has 174 valence electrons. The molecule has 1 aliphatic heterocycles. The maximum Gasteiger partial charge on any atom is 0.336 e. The lowest BCUT2D eigenvalue weighted by molar-refractivity contribution is -0.138. The molecule has 0 unspecified atom stereocenters. The molecule has 0 saturated heterocycles. The van der Waals surface area contributed by atoms with E-state index < -0.39 is 5.63 Å². The van der Waals surface area contributed by atoms with Crippen LogP contribution in [0, 0.1) is 6.92 Å². The number of fused-ring (bicyclic) bond motifs is 2. The maximum absolute atomic E-state index is 12.8. The van der Waals surface area contributed by atoms with Gasteiger partial charge < -0.3 is 28.3 Å². The van der Waals surface area contributed by atoms with E-state index >= 15 is 0 Å². The van der Waals surface area contributed by atoms with Gasteiger partial charge in [0.25, 0.3) is 0 Å². The number of hydrogen-bond donors (Lipinski definition) is 0. The van der Waals surface area contributed by atoms with Crippen LogP contribution in [-0.2, 0) is 16.0 Å². The summed E-state index contributed by atoms with van der Waals surface area (Å²) in [6, 6.07) is 10.3. The number of rotatable bonds is 7. The Morgan fingerprint density at radius 3 is 2.58 bits per heavy atom. The van der Waals surface area contributed by atoms with Crippen molar-refractivity contribution in [2.75, 3.05) is 41.1 Å². The number of aryl methyl sites for hydroxylation is 1. The minimum Gasteiger partial charge on any atom is -0.493 e. The zero-order valence-corrected chi connectivity index (χ0v) is 19.2. The van der Waals surface area contributed by atoms with Crippen LogP contribution in [0.1, 0.15) is 22.7 Å². The van der Waals surface area contributed by atoms with Gasteiger partial charge in [0.05, 0.1) is 20.3 Å². The first-order chi connectivity index (χ1) is 15.9. The molecule has 8 heteroatoms. The van der Waals surface area contributed by atoms with E-state index in [-0.39, 0.29) is 25.2 Å². The fourth-order valence-corrected chi connectivity index (χ4v) is 4.28. The standard InChI is InChI=1S/C25H27NO7/c1-15-9-25(28)33-21-11-17(5-6-18(15)21)32-13-20-19-12-23(31-4)22(30-3)10-16(19)7-8-26(20)24(27)14-29-2/h5-6,9-12,20H,7-8,13-14H2,1-4H3/t20-/m1/s1. The molecule has 1 amide bonds. The molecule has 0 saturated carbocycles. The van der Waals surface area contributed by atoms with Crippen LogP contribution in [0.4, 0.5) is 0 Å². The number of nitrogens with zero attached hydrogens (tertiary/aromatic N) is 1. The van der Waals surface area contributed by atoms with Gasteiger partial charge in [-0.3, -0.25) is 4.79 Å². The molecule has 1 aliphatic rings. The van der Waals surface area contributed by atoms with Gasteiger partial charge in [0.2, 0.25) is 5.91 Å². The fourth-order valence-electron chi connectivity index (χ4n) is 4.28. The second-order valence-corrected chi connectivity index (χ2v) is 7.91. The topological polar surface area (TPSA) is 87.4 Å². The highest BCUT2D eigenvalue weighted by atomic mass is 16.5. The molecule has 0 spiro atoms. The predicted molar refractivity (Wildman–Crippen MR) is 122 cm³/mol. The summed E-state index contributed by atoms with van der Waals surface area (Å²) in [6.07, 6.45) is 0.683. The van der Waals surface area contributed by atoms with Crippen LogP contribution in [0.25, 0.3) is 11.0 Å². The first-order valence-electron chi connectivity index (χ1n) is 10.7. The summed E-state index contributed by atoms with van der Waals surface area (Å²) in [4.78, 5) is 26.3. The van der Waals surface area contributed by atoms with E-state index in [2.05, 4.69) is 0 Å². The van der Waals surface area contributed by atoms with E-state index in [4.69, 9.17) is 23.4 Å². The van der Waals surface area contributed by atoms with E-state index in [9.17, 15) is 9.59 Å². The van der Waals surface area contributed by atoms with Crippen molar-refractivity contribution < 1.29 is 28.2 Å². The Balaban J connectivity index is 1.67. The van der Waals surface area contributed by atoms with Gasteiger partial charge in [-0.05, 0) is 54.3 Å². The third-order valence-electron chi connectivity index (χ3n) is 5.92. The average Bonchev–Trinajstić information content (AvgIpc) is 2.81. The molecule has 0 fully saturated rings. The maximum atomic E-state index is 12.8. The van der Waals surface area contributed by atoms with Gasteiger partial charge >= 0.3 is 5.63 Å². The Labute approximate surface area is 191 Å². The summed E-state index contributed by atoms with van der Waals surface area (Å²) in [5.74, 6) is 1.66. The Bertz CT molecular complexity index is 1230. The third-order valence-corrected chi connectivity index (χ3v) is 5.92. The van der Waals surface area contributed by atoms with Gasteiger partial charge in [0, 0.05) is 31.2 Å². The van der Waals surface area contributed by atoms with Crippen molar-refractivity contribution in [2.45, 2.75) is 19.4 Å². The van der Waals surface area contributed by atoms with E-state index in [1.807, 2.05) is 31.2 Å². The van der Waals surface area contributed by atoms with Gasteiger partial charge in [-0.1, -0.05) is 0 Å². The third kappa shape index (κ3) is 4.52. The molecule has 0 bridgehead atoms. The number of carbonyl (C=O) groups excluding carboxylic acids is 1. The van der Waals surface area contributed by atoms with Crippen molar-refractivity contribution in [3.63, 3.8) is 0 Å². The van der Waals surface area contributed by atoms with Crippen LogP contribution in [-0.4, -0.2) is 51.9 Å². The number of amides is 1. The summed E-state index contributed by atoms with van der Waals surface area (Å²) >= 11 is 0. The summed E-state index contributed by atoms with van der Waals surface area (Å²) < 4.78 is 27.5. The smallest absolute Gasteiger partial charge is 0.336 e. The van der Waals surface area contributed by atoms with Crippen molar-refractivity contribution in [2.24, 2.45) is 0 Å². The molecule has 2 heterocycles. The first kappa shape index (κ1) is 22.7. The lowest BCUT2D eigenvalue weighted by atomic mass is 9.92. The van der Waals surface area contributed by atoms with Crippen LogP contribution < -0.4 is 19.8 Å². The molecule has 2 aromatic carbocycles. The second kappa shape index (κ2) is 9.54. The number of benzene rings is 2. The molecule has 1 atom stereocenters. The highest BCUT2D eigenvalue weighted by Gasteiger charge is 2.32. The molecule has 0 N–H and O–H groups in total. The van der Waals surface area contributed by atoms with Gasteiger partial charge in [-0.2, -0.15) is 0 Å². The summed E-state index contributed by atoms with van der Waals surface area (Å²) in [7, 11) is 4.68. The molecule has 4 rings (SSSR count). The Kier molecular flexibility index (Phi) is 6.55. The highest BCUT2D eigenvalue weighted by molar-refractivity contribution is 5.81. The lowest BCUT2D eigenvalue weighted by Crippen LogP contribution is -2.44. The van der Waals surface area contributed by atoms with E-state index in [1.54, 1.807) is 25.2 Å². The highest BCUT2D eigenvalue weighted by Crippen LogP contribution is 2.38. The van der Waals surface area contributed by atoms with Crippen molar-refractivity contribution in [1.82, 2.24) is 4.90 Å². The van der Waals surface area contributed by atoms with E-state index in [0.717, 1.165) is 22.1 Å². The summed E-state index contributed by atoms with van der Waals surface area (Å²) in [6.45, 7) is 2.59. The van der Waals surface area contributed by atoms with Crippen LogP contribution in [0.5, 0.6) is 17.2 Å². The molecule has 3 aromatic rings. The monoisotopic (exact) mass is 453 g/mol. The predicted octanol–water partition coefficient (Wildman–Crippen LogP) is 3.27.